The Balaban J connectivity index is 1.82. The summed E-state index contributed by atoms with van der Waals surface area (Å²) in [6.45, 7) is 1.67. The van der Waals surface area contributed by atoms with E-state index in [1.165, 1.54) is 11.1 Å². The summed E-state index contributed by atoms with van der Waals surface area (Å²) in [7, 11) is 1.92. The van der Waals surface area contributed by atoms with Gasteiger partial charge in [0.2, 0.25) is 5.91 Å². The second-order valence-corrected chi connectivity index (χ2v) is 5.67. The van der Waals surface area contributed by atoms with Crippen LogP contribution in [0.15, 0.2) is 42.5 Å². The van der Waals surface area contributed by atoms with Crippen LogP contribution in [0.1, 0.15) is 21.5 Å². The third kappa shape index (κ3) is 1.86. The van der Waals surface area contributed by atoms with E-state index >= 15 is 0 Å². The first-order valence-corrected chi connectivity index (χ1v) is 7.22. The van der Waals surface area contributed by atoms with E-state index in [0.717, 1.165) is 29.8 Å². The van der Waals surface area contributed by atoms with Crippen LogP contribution in [0.4, 0.5) is 5.82 Å². The molecule has 0 bridgehead atoms. The van der Waals surface area contributed by atoms with Crippen LogP contribution >= 0.6 is 0 Å². The second kappa shape index (κ2) is 4.59. The highest BCUT2D eigenvalue weighted by Gasteiger charge is 2.23. The molecule has 0 saturated heterocycles. The van der Waals surface area contributed by atoms with Crippen molar-refractivity contribution < 1.29 is 4.79 Å². The molecule has 2 aromatic carbocycles. The fraction of sp³-hybridized carbons (Fsp3) is 0.176. The number of aromatic nitrogens is 2. The third-order valence-corrected chi connectivity index (χ3v) is 4.26. The number of nitrogens with zero attached hydrogens (tertiary/aromatic N) is 3. The molecule has 0 radical (unpaired) electrons. The van der Waals surface area contributed by atoms with E-state index in [1.54, 1.807) is 6.07 Å². The number of hydrogen-bond donors (Lipinski definition) is 1. The first-order chi connectivity index (χ1) is 10.6. The summed E-state index contributed by atoms with van der Waals surface area (Å²) in [6.07, 6.45) is 0. The summed E-state index contributed by atoms with van der Waals surface area (Å²) in [4.78, 5) is 13.7. The first-order valence-electron chi connectivity index (χ1n) is 7.22. The maximum Gasteiger partial charge on any atom is 0.248 e. The monoisotopic (exact) mass is 292 g/mol. The molecule has 2 N–H and O–H groups in total. The van der Waals surface area contributed by atoms with E-state index in [4.69, 9.17) is 5.73 Å². The molecule has 1 aromatic heterocycles. The molecule has 4 rings (SSSR count). The Hall–Kier alpha value is -2.82. The Morgan fingerprint density at radius 3 is 2.45 bits per heavy atom. The molecule has 5 heteroatoms. The van der Waals surface area contributed by atoms with Crippen LogP contribution in [0.5, 0.6) is 0 Å². The molecular formula is C17H16N4O. The van der Waals surface area contributed by atoms with Crippen LogP contribution < -0.4 is 10.6 Å². The smallest absolute Gasteiger partial charge is 0.248 e. The normalized spacial score (nSPS) is 13.6. The van der Waals surface area contributed by atoms with Crippen LogP contribution in [-0.2, 0) is 20.1 Å². The Morgan fingerprint density at radius 1 is 1.14 bits per heavy atom. The number of fused-ring (bicyclic) bond motifs is 2. The van der Waals surface area contributed by atoms with E-state index in [-0.39, 0.29) is 0 Å². The van der Waals surface area contributed by atoms with Crippen LogP contribution in [0.3, 0.4) is 0 Å². The van der Waals surface area contributed by atoms with Gasteiger partial charge in [-0.3, -0.25) is 9.48 Å². The lowest BCUT2D eigenvalue weighted by Gasteiger charge is -2.14. The maximum atomic E-state index is 11.4. The molecule has 5 nitrogen and oxygen atoms in total. The molecule has 22 heavy (non-hydrogen) atoms. The lowest BCUT2D eigenvalue weighted by molar-refractivity contribution is 0.100. The molecule has 2 heterocycles. The number of nitrogens with two attached hydrogens (primary N) is 1. The highest BCUT2D eigenvalue weighted by Crippen LogP contribution is 2.32. The number of aryl methyl sites for hydroxylation is 1. The number of carbonyl (C=O) groups excluding carboxylic acids is 1. The number of carbonyl (C=O) groups is 1. The van der Waals surface area contributed by atoms with E-state index in [0.29, 0.717) is 5.56 Å². The topological polar surface area (TPSA) is 64.2 Å². The largest absolute Gasteiger partial charge is 0.366 e. The summed E-state index contributed by atoms with van der Waals surface area (Å²) in [5.74, 6) is 0.484. The van der Waals surface area contributed by atoms with Crippen LogP contribution in [-0.4, -0.2) is 15.7 Å². The van der Waals surface area contributed by atoms with E-state index in [9.17, 15) is 4.79 Å². The number of amides is 1. The second-order valence-electron chi connectivity index (χ2n) is 5.67. The SMILES string of the molecule is Cn1nc(N2Cc3ccccc3C2)c2cc(C(N)=O)ccc21. The molecule has 0 atom stereocenters. The zero-order valence-electron chi connectivity index (χ0n) is 12.3. The summed E-state index contributed by atoms with van der Waals surface area (Å²) in [6, 6.07) is 13.9. The predicted molar refractivity (Wildman–Crippen MR) is 85.6 cm³/mol. The van der Waals surface area contributed by atoms with Crippen LogP contribution in [0, 0.1) is 0 Å². The van der Waals surface area contributed by atoms with Gasteiger partial charge in [0.15, 0.2) is 5.82 Å². The van der Waals surface area contributed by atoms with Gasteiger partial charge >= 0.3 is 0 Å². The summed E-state index contributed by atoms with van der Waals surface area (Å²) < 4.78 is 1.85. The minimum Gasteiger partial charge on any atom is -0.366 e. The van der Waals surface area contributed by atoms with Crippen molar-refractivity contribution in [1.29, 1.82) is 0 Å². The lowest BCUT2D eigenvalue weighted by Crippen LogP contribution is -2.15. The van der Waals surface area contributed by atoms with Gasteiger partial charge in [-0.1, -0.05) is 24.3 Å². The van der Waals surface area contributed by atoms with Crippen molar-refractivity contribution in [1.82, 2.24) is 9.78 Å². The van der Waals surface area contributed by atoms with E-state index in [1.807, 2.05) is 23.9 Å². The Bertz CT molecular complexity index is 872. The zero-order chi connectivity index (χ0) is 15.3. The molecule has 1 amide bonds. The van der Waals surface area contributed by atoms with Crippen molar-refractivity contribution in [3.05, 3.63) is 59.2 Å². The molecular weight excluding hydrogens is 276 g/mol. The molecule has 0 fully saturated rings. The molecule has 1 aliphatic heterocycles. The Morgan fingerprint density at radius 2 is 1.82 bits per heavy atom. The predicted octanol–water partition coefficient (Wildman–Crippen LogP) is 2.19. The van der Waals surface area contributed by atoms with Gasteiger partial charge in [-0.15, -0.1) is 0 Å². The van der Waals surface area contributed by atoms with Gasteiger partial charge in [0, 0.05) is 31.1 Å². The standard InChI is InChI=1S/C17H16N4O/c1-20-15-7-6-11(16(18)22)8-14(15)17(19-20)21-9-12-4-2-3-5-13(12)10-21/h2-8H,9-10H2,1H3,(H2,18,22). The quantitative estimate of drug-likeness (QED) is 0.787. The highest BCUT2D eigenvalue weighted by atomic mass is 16.1. The van der Waals surface area contributed by atoms with Gasteiger partial charge in [-0.05, 0) is 29.3 Å². The molecule has 1 aliphatic rings. The van der Waals surface area contributed by atoms with Crippen molar-refractivity contribution >= 4 is 22.6 Å². The van der Waals surface area contributed by atoms with Crippen molar-refractivity contribution in [3.8, 4) is 0 Å². The molecule has 0 spiro atoms. The van der Waals surface area contributed by atoms with Crippen molar-refractivity contribution in [2.45, 2.75) is 13.1 Å². The van der Waals surface area contributed by atoms with E-state index in [2.05, 4.69) is 34.3 Å². The van der Waals surface area contributed by atoms with Gasteiger partial charge in [0.05, 0.1) is 5.52 Å². The highest BCUT2D eigenvalue weighted by molar-refractivity contribution is 6.00. The van der Waals surface area contributed by atoms with Crippen LogP contribution in [0.2, 0.25) is 0 Å². The zero-order valence-corrected chi connectivity index (χ0v) is 12.3. The molecule has 0 aliphatic carbocycles. The number of benzene rings is 2. The maximum absolute atomic E-state index is 11.4. The van der Waals surface area contributed by atoms with Gasteiger partial charge < -0.3 is 10.6 Å². The number of primary amides is 1. The van der Waals surface area contributed by atoms with Crippen molar-refractivity contribution in [2.24, 2.45) is 12.8 Å². The molecule has 110 valence electrons. The fourth-order valence-corrected chi connectivity index (χ4v) is 3.12. The minimum atomic E-state index is -0.415. The first kappa shape index (κ1) is 12.9. The number of anilines is 1. The Labute approximate surface area is 127 Å². The molecule has 0 saturated carbocycles. The van der Waals surface area contributed by atoms with Gasteiger partial charge in [0.1, 0.15) is 0 Å². The summed E-state index contributed by atoms with van der Waals surface area (Å²) in [5, 5.41) is 5.61. The van der Waals surface area contributed by atoms with Gasteiger partial charge in [-0.25, -0.2) is 0 Å². The average molecular weight is 292 g/mol. The van der Waals surface area contributed by atoms with Crippen molar-refractivity contribution in [2.75, 3.05) is 4.90 Å². The minimum absolute atomic E-state index is 0.415. The summed E-state index contributed by atoms with van der Waals surface area (Å²) in [5.41, 5.74) is 9.57. The molecule has 3 aromatic rings. The van der Waals surface area contributed by atoms with E-state index < -0.39 is 5.91 Å². The fourth-order valence-electron chi connectivity index (χ4n) is 3.12. The van der Waals surface area contributed by atoms with Crippen LogP contribution in [0.25, 0.3) is 10.9 Å². The summed E-state index contributed by atoms with van der Waals surface area (Å²) >= 11 is 0. The average Bonchev–Trinajstić information content (AvgIpc) is 3.08. The van der Waals surface area contributed by atoms with Crippen molar-refractivity contribution in [3.63, 3.8) is 0 Å². The molecule has 0 unspecified atom stereocenters. The number of hydrogen-bond acceptors (Lipinski definition) is 3. The lowest BCUT2D eigenvalue weighted by atomic mass is 10.1. The third-order valence-electron chi connectivity index (χ3n) is 4.26. The Kier molecular flexibility index (Phi) is 2.69. The van der Waals surface area contributed by atoms with Gasteiger partial charge in [0.25, 0.3) is 0 Å². The number of rotatable bonds is 2. The van der Waals surface area contributed by atoms with Gasteiger partial charge in [-0.2, -0.15) is 5.10 Å².